The van der Waals surface area contributed by atoms with E-state index in [2.05, 4.69) is 5.32 Å². The molecule has 2 aliphatic heterocycles. The van der Waals surface area contributed by atoms with Crippen LogP contribution >= 0.6 is 11.8 Å². The molecule has 2 aliphatic rings. The van der Waals surface area contributed by atoms with Crippen molar-refractivity contribution in [1.29, 1.82) is 0 Å². The third-order valence-electron chi connectivity index (χ3n) is 4.40. The Morgan fingerprint density at radius 1 is 1.32 bits per heavy atom. The summed E-state index contributed by atoms with van der Waals surface area (Å²) in [6, 6.07) is 4.97. The summed E-state index contributed by atoms with van der Waals surface area (Å²) in [4.78, 5) is 38.0. The summed E-state index contributed by atoms with van der Waals surface area (Å²) in [5.74, 6) is 0.964. The van der Waals surface area contributed by atoms with Crippen molar-refractivity contribution < 1.29 is 14.4 Å². The molecule has 0 saturated carbocycles. The van der Waals surface area contributed by atoms with E-state index >= 15 is 0 Å². The average Bonchev–Trinajstić information content (AvgIpc) is 3.03. The fourth-order valence-corrected chi connectivity index (χ4v) is 4.13. The molecule has 2 fully saturated rings. The highest BCUT2D eigenvalue weighted by atomic mass is 32.2. The van der Waals surface area contributed by atoms with Crippen molar-refractivity contribution in [3.8, 4) is 0 Å². The number of amides is 3. The van der Waals surface area contributed by atoms with Crippen LogP contribution in [0.3, 0.4) is 0 Å². The Hall–Kier alpha value is -1.82. The van der Waals surface area contributed by atoms with Crippen LogP contribution in [-0.2, 0) is 4.79 Å². The molecular weight excluding hydrogens is 300 g/mol. The second-order valence-electron chi connectivity index (χ2n) is 5.93. The van der Waals surface area contributed by atoms with E-state index in [1.54, 1.807) is 23.9 Å². The van der Waals surface area contributed by atoms with Crippen LogP contribution in [0, 0.1) is 13.8 Å². The zero-order chi connectivity index (χ0) is 15.9. The maximum Gasteiger partial charge on any atom is 0.325 e. The number of Topliss-reactive ketones (excluding diaryl/α,β-unsaturated/α-hetero) is 1. The number of aryl methyl sites for hydroxylation is 2. The van der Waals surface area contributed by atoms with E-state index < -0.39 is 11.6 Å². The third-order valence-corrected chi connectivity index (χ3v) is 5.59. The molecule has 3 rings (SSSR count). The number of imide groups is 1. The molecular formula is C16H18N2O3S. The smallest absolute Gasteiger partial charge is 0.322 e. The number of hydrogen-bond acceptors (Lipinski definition) is 4. The van der Waals surface area contributed by atoms with E-state index in [0.29, 0.717) is 17.7 Å². The highest BCUT2D eigenvalue weighted by molar-refractivity contribution is 7.99. The number of urea groups is 1. The molecule has 1 atom stereocenters. The van der Waals surface area contributed by atoms with Gasteiger partial charge in [-0.1, -0.05) is 12.1 Å². The first kappa shape index (κ1) is 15.1. The van der Waals surface area contributed by atoms with E-state index in [1.807, 2.05) is 19.9 Å². The minimum atomic E-state index is -0.786. The first-order valence-corrected chi connectivity index (χ1v) is 8.41. The quantitative estimate of drug-likeness (QED) is 0.683. The number of nitrogens with one attached hydrogen (secondary N) is 1. The van der Waals surface area contributed by atoms with Gasteiger partial charge in [0, 0.05) is 11.3 Å². The van der Waals surface area contributed by atoms with Crippen molar-refractivity contribution in [2.24, 2.45) is 0 Å². The van der Waals surface area contributed by atoms with Gasteiger partial charge in [0.05, 0.1) is 6.54 Å². The van der Waals surface area contributed by atoms with Crippen molar-refractivity contribution in [3.05, 3.63) is 34.9 Å². The summed E-state index contributed by atoms with van der Waals surface area (Å²) in [5, 5.41) is 2.77. The summed E-state index contributed by atoms with van der Waals surface area (Å²) in [7, 11) is 0. The zero-order valence-corrected chi connectivity index (χ0v) is 13.5. The molecule has 0 radical (unpaired) electrons. The van der Waals surface area contributed by atoms with Crippen LogP contribution in [0.25, 0.3) is 0 Å². The van der Waals surface area contributed by atoms with Gasteiger partial charge in [0.25, 0.3) is 5.91 Å². The first-order valence-electron chi connectivity index (χ1n) is 7.25. The van der Waals surface area contributed by atoms with Crippen LogP contribution in [0.15, 0.2) is 18.2 Å². The Balaban J connectivity index is 1.77. The van der Waals surface area contributed by atoms with Gasteiger partial charge in [0.2, 0.25) is 0 Å². The fraction of sp³-hybridized carbons (Fsp3) is 0.438. The highest BCUT2D eigenvalue weighted by Crippen LogP contribution is 2.33. The summed E-state index contributed by atoms with van der Waals surface area (Å²) in [6.45, 7) is 3.71. The lowest BCUT2D eigenvalue weighted by atomic mass is 9.99. The number of thioether (sulfide) groups is 1. The Morgan fingerprint density at radius 3 is 2.73 bits per heavy atom. The number of ketones is 1. The van der Waals surface area contributed by atoms with E-state index in [4.69, 9.17) is 0 Å². The highest BCUT2D eigenvalue weighted by Gasteiger charge is 2.53. The lowest BCUT2D eigenvalue weighted by molar-refractivity contribution is -0.130. The number of nitrogens with zero attached hydrogens (tertiary/aromatic N) is 1. The number of carbonyl (C=O) groups is 3. The maximum absolute atomic E-state index is 12.5. The van der Waals surface area contributed by atoms with Crippen LogP contribution in [0.1, 0.15) is 27.9 Å². The van der Waals surface area contributed by atoms with Crippen molar-refractivity contribution in [3.63, 3.8) is 0 Å². The second kappa shape index (κ2) is 5.43. The summed E-state index contributed by atoms with van der Waals surface area (Å²) < 4.78 is 0. The molecule has 5 nitrogen and oxygen atoms in total. The Morgan fingerprint density at radius 2 is 2.09 bits per heavy atom. The molecule has 1 spiro atoms. The summed E-state index contributed by atoms with van der Waals surface area (Å²) in [6.07, 6.45) is 0.635. The van der Waals surface area contributed by atoms with Crippen LogP contribution in [0.4, 0.5) is 4.79 Å². The molecule has 0 unspecified atom stereocenters. The zero-order valence-electron chi connectivity index (χ0n) is 12.6. The van der Waals surface area contributed by atoms with Crippen molar-refractivity contribution in [2.75, 3.05) is 18.1 Å². The van der Waals surface area contributed by atoms with Crippen LogP contribution in [0.2, 0.25) is 0 Å². The van der Waals surface area contributed by atoms with Crippen molar-refractivity contribution in [1.82, 2.24) is 10.2 Å². The Labute approximate surface area is 133 Å². The van der Waals surface area contributed by atoms with E-state index in [9.17, 15) is 14.4 Å². The molecule has 3 amide bonds. The SMILES string of the molecule is Cc1ccc(C(=O)CN2C(=O)N[C@@]3(CCSC3)C2=O)cc1C. The fourth-order valence-electron chi connectivity index (χ4n) is 2.80. The van der Waals surface area contributed by atoms with Gasteiger partial charge in [0.15, 0.2) is 5.78 Å². The second-order valence-corrected chi connectivity index (χ2v) is 7.03. The van der Waals surface area contributed by atoms with E-state index in [0.717, 1.165) is 21.8 Å². The maximum atomic E-state index is 12.5. The van der Waals surface area contributed by atoms with Crippen molar-refractivity contribution in [2.45, 2.75) is 25.8 Å². The predicted molar refractivity (Wildman–Crippen MR) is 85.2 cm³/mol. The van der Waals surface area contributed by atoms with Gasteiger partial charge in [-0.2, -0.15) is 11.8 Å². The Bertz CT molecular complexity index is 665. The first-order chi connectivity index (χ1) is 10.4. The lowest BCUT2D eigenvalue weighted by Gasteiger charge is -2.19. The van der Waals surface area contributed by atoms with Gasteiger partial charge < -0.3 is 5.32 Å². The van der Waals surface area contributed by atoms with E-state index in [1.165, 1.54) is 0 Å². The lowest BCUT2D eigenvalue weighted by Crippen LogP contribution is -2.47. The predicted octanol–water partition coefficient (Wildman–Crippen LogP) is 1.91. The van der Waals surface area contributed by atoms with Crippen LogP contribution in [-0.4, -0.2) is 46.2 Å². The molecule has 1 aromatic carbocycles. The topological polar surface area (TPSA) is 66.5 Å². The summed E-state index contributed by atoms with van der Waals surface area (Å²) in [5.41, 5.74) is 1.87. The van der Waals surface area contributed by atoms with Gasteiger partial charge in [-0.25, -0.2) is 4.79 Å². The third kappa shape index (κ3) is 2.41. The number of carbonyl (C=O) groups excluding carboxylic acids is 3. The molecule has 0 aliphatic carbocycles. The largest absolute Gasteiger partial charge is 0.325 e. The molecule has 22 heavy (non-hydrogen) atoms. The molecule has 1 aromatic rings. The molecule has 6 heteroatoms. The molecule has 1 N–H and O–H groups in total. The van der Waals surface area contributed by atoms with Crippen molar-refractivity contribution >= 4 is 29.5 Å². The van der Waals surface area contributed by atoms with Gasteiger partial charge >= 0.3 is 6.03 Å². The molecule has 0 aromatic heterocycles. The normalized spacial score (nSPS) is 24.2. The minimum absolute atomic E-state index is 0.195. The molecule has 116 valence electrons. The average molecular weight is 318 g/mol. The number of rotatable bonds is 3. The van der Waals surface area contributed by atoms with E-state index in [-0.39, 0.29) is 18.2 Å². The monoisotopic (exact) mass is 318 g/mol. The van der Waals surface area contributed by atoms with Gasteiger partial charge in [0.1, 0.15) is 5.54 Å². The number of benzene rings is 1. The standard InChI is InChI=1S/C16H18N2O3S/c1-10-3-4-12(7-11(10)2)13(19)8-18-14(20)16(17-15(18)21)5-6-22-9-16/h3-4,7H,5-6,8-9H2,1-2H3,(H,17,21)/t16-/m1/s1. The summed E-state index contributed by atoms with van der Waals surface area (Å²) >= 11 is 1.65. The van der Waals surface area contributed by atoms with Crippen LogP contribution < -0.4 is 5.32 Å². The molecule has 0 bridgehead atoms. The van der Waals surface area contributed by atoms with Crippen LogP contribution in [0.5, 0.6) is 0 Å². The minimum Gasteiger partial charge on any atom is -0.322 e. The van der Waals surface area contributed by atoms with Gasteiger partial charge in [-0.3, -0.25) is 14.5 Å². The van der Waals surface area contributed by atoms with Gasteiger partial charge in [-0.15, -0.1) is 0 Å². The van der Waals surface area contributed by atoms with Gasteiger partial charge in [-0.05, 0) is 43.2 Å². The Kier molecular flexibility index (Phi) is 3.72. The number of hydrogen-bond donors (Lipinski definition) is 1. The molecule has 2 heterocycles. The molecule has 2 saturated heterocycles.